The smallest absolute Gasteiger partial charge is 0.341 e. The van der Waals surface area contributed by atoms with Gasteiger partial charge in [0.2, 0.25) is 0 Å². The molecule has 1 fully saturated rings. The average molecular weight is 413 g/mol. The molecule has 0 aliphatic carbocycles. The Morgan fingerprint density at radius 2 is 2.10 bits per heavy atom. The average Bonchev–Trinajstić information content (AvgIpc) is 3.23. The van der Waals surface area contributed by atoms with Crippen molar-refractivity contribution in [2.75, 3.05) is 20.3 Å². The lowest BCUT2D eigenvalue weighted by Gasteiger charge is -2.33. The largest absolute Gasteiger partial charge is 0.493 e. The molecule has 30 heavy (non-hydrogen) atoms. The van der Waals surface area contributed by atoms with Crippen molar-refractivity contribution in [3.8, 4) is 22.8 Å². The Balaban J connectivity index is 1.78. The summed E-state index contributed by atoms with van der Waals surface area (Å²) in [5, 5.41) is 9.39. The third-order valence-corrected chi connectivity index (χ3v) is 5.98. The number of aromatic carboxylic acids is 1. The second kappa shape index (κ2) is 8.14. The summed E-state index contributed by atoms with van der Waals surface area (Å²) in [6.45, 7) is 5.43. The van der Waals surface area contributed by atoms with E-state index in [-0.39, 0.29) is 23.6 Å². The standard InChI is InChI=1S/C23H27NO6/c1-13(2)18-7-14-8-22(30-12-15-5-4-6-29-15)21(28-3)9-16(14)19-10-20(25)17(23(26)27)11-24(18)19/h8-11,13,15,18H,4-7,12H2,1-3H3,(H,26,27)/t15-,18-/m0/s1. The molecule has 0 spiro atoms. The van der Waals surface area contributed by atoms with Crippen molar-refractivity contribution in [2.45, 2.75) is 45.3 Å². The lowest BCUT2D eigenvalue weighted by atomic mass is 9.87. The number of aromatic nitrogens is 1. The van der Waals surface area contributed by atoms with Crippen molar-refractivity contribution in [1.82, 2.24) is 4.57 Å². The fourth-order valence-electron chi connectivity index (χ4n) is 4.32. The summed E-state index contributed by atoms with van der Waals surface area (Å²) in [4.78, 5) is 23.9. The van der Waals surface area contributed by atoms with E-state index in [9.17, 15) is 14.7 Å². The second-order valence-electron chi connectivity index (χ2n) is 8.27. The summed E-state index contributed by atoms with van der Waals surface area (Å²) in [6, 6.07) is 5.31. The van der Waals surface area contributed by atoms with Gasteiger partial charge in [-0.1, -0.05) is 13.8 Å². The van der Waals surface area contributed by atoms with Crippen LogP contribution in [-0.2, 0) is 11.2 Å². The molecule has 2 aliphatic rings. The van der Waals surface area contributed by atoms with Crippen LogP contribution in [0.5, 0.6) is 11.5 Å². The maximum absolute atomic E-state index is 12.4. The SMILES string of the molecule is COc1cc2c(cc1OC[C@@H]1CCCO1)C[C@@H](C(C)C)n1cc(C(=O)O)c(=O)cc1-2. The normalized spacial score (nSPS) is 20.0. The Kier molecular flexibility index (Phi) is 5.56. The molecule has 7 heteroatoms. The van der Waals surface area contributed by atoms with E-state index in [0.717, 1.165) is 30.6 Å². The first-order valence-electron chi connectivity index (χ1n) is 10.3. The number of benzene rings is 1. The van der Waals surface area contributed by atoms with Crippen molar-refractivity contribution in [3.63, 3.8) is 0 Å². The van der Waals surface area contributed by atoms with E-state index in [1.54, 1.807) is 7.11 Å². The predicted molar refractivity (Wildman–Crippen MR) is 112 cm³/mol. The summed E-state index contributed by atoms with van der Waals surface area (Å²) in [5.74, 6) is 0.279. The zero-order valence-corrected chi connectivity index (χ0v) is 17.5. The minimum Gasteiger partial charge on any atom is -0.493 e. The molecule has 2 aromatic rings. The minimum atomic E-state index is -1.21. The number of carboxylic acids is 1. The fourth-order valence-corrected chi connectivity index (χ4v) is 4.32. The highest BCUT2D eigenvalue weighted by Gasteiger charge is 2.29. The first-order valence-corrected chi connectivity index (χ1v) is 10.3. The van der Waals surface area contributed by atoms with Gasteiger partial charge in [0, 0.05) is 30.5 Å². The van der Waals surface area contributed by atoms with Crippen LogP contribution in [0.25, 0.3) is 11.3 Å². The molecule has 1 aromatic carbocycles. The number of hydrogen-bond acceptors (Lipinski definition) is 5. The Morgan fingerprint density at radius 3 is 2.73 bits per heavy atom. The summed E-state index contributed by atoms with van der Waals surface area (Å²) in [6.07, 6.45) is 4.33. The van der Waals surface area contributed by atoms with Gasteiger partial charge in [0.25, 0.3) is 0 Å². The number of methoxy groups -OCH3 is 1. The number of ether oxygens (including phenoxy) is 3. The van der Waals surface area contributed by atoms with E-state index in [2.05, 4.69) is 13.8 Å². The molecule has 0 saturated carbocycles. The molecule has 0 unspecified atom stereocenters. The maximum Gasteiger partial charge on any atom is 0.341 e. The number of fused-ring (bicyclic) bond motifs is 3. The van der Waals surface area contributed by atoms with Crippen LogP contribution in [-0.4, -0.2) is 42.1 Å². The van der Waals surface area contributed by atoms with E-state index >= 15 is 0 Å². The number of rotatable bonds is 6. The predicted octanol–water partition coefficient (Wildman–Crippen LogP) is 3.53. The van der Waals surface area contributed by atoms with Crippen LogP contribution in [0.3, 0.4) is 0 Å². The van der Waals surface area contributed by atoms with Crippen molar-refractivity contribution in [3.05, 3.63) is 45.7 Å². The summed E-state index contributed by atoms with van der Waals surface area (Å²) in [5.41, 5.74) is 1.91. The number of nitrogens with zero attached hydrogens (tertiary/aromatic N) is 1. The van der Waals surface area contributed by atoms with E-state index in [4.69, 9.17) is 14.2 Å². The molecule has 1 aromatic heterocycles. The Morgan fingerprint density at radius 1 is 1.30 bits per heavy atom. The highest BCUT2D eigenvalue weighted by Crippen LogP contribution is 2.42. The molecule has 4 rings (SSSR count). The van der Waals surface area contributed by atoms with Crippen molar-refractivity contribution in [1.29, 1.82) is 0 Å². The zero-order chi connectivity index (χ0) is 21.4. The molecule has 0 radical (unpaired) electrons. The molecular weight excluding hydrogens is 386 g/mol. The zero-order valence-electron chi connectivity index (χ0n) is 17.5. The Labute approximate surface area is 175 Å². The second-order valence-corrected chi connectivity index (χ2v) is 8.27. The van der Waals surface area contributed by atoms with Crippen LogP contribution in [0.4, 0.5) is 0 Å². The quantitative estimate of drug-likeness (QED) is 0.780. The molecule has 2 aliphatic heterocycles. The van der Waals surface area contributed by atoms with Gasteiger partial charge in [-0.05, 0) is 42.9 Å². The summed E-state index contributed by atoms with van der Waals surface area (Å²) in [7, 11) is 1.58. The molecule has 0 bridgehead atoms. The van der Waals surface area contributed by atoms with Crippen LogP contribution >= 0.6 is 0 Å². The van der Waals surface area contributed by atoms with E-state index in [0.29, 0.717) is 30.2 Å². The summed E-state index contributed by atoms with van der Waals surface area (Å²) >= 11 is 0. The van der Waals surface area contributed by atoms with Crippen LogP contribution in [0.1, 0.15) is 48.7 Å². The van der Waals surface area contributed by atoms with Crippen molar-refractivity contribution < 1.29 is 24.1 Å². The minimum absolute atomic E-state index is 0.0330. The molecule has 1 saturated heterocycles. The first kappa shape index (κ1) is 20.5. The van der Waals surface area contributed by atoms with Crippen molar-refractivity contribution >= 4 is 5.97 Å². The Bertz CT molecular complexity index is 1020. The van der Waals surface area contributed by atoms with Gasteiger partial charge in [-0.25, -0.2) is 4.79 Å². The fraction of sp³-hybridized carbons (Fsp3) is 0.478. The number of hydrogen-bond donors (Lipinski definition) is 1. The molecule has 3 heterocycles. The topological polar surface area (TPSA) is 87.0 Å². The van der Waals surface area contributed by atoms with Crippen LogP contribution in [0, 0.1) is 5.92 Å². The van der Waals surface area contributed by atoms with E-state index in [1.807, 2.05) is 16.7 Å². The monoisotopic (exact) mass is 413 g/mol. The van der Waals surface area contributed by atoms with E-state index < -0.39 is 11.4 Å². The lowest BCUT2D eigenvalue weighted by Crippen LogP contribution is -2.28. The number of carbonyl (C=O) groups is 1. The van der Waals surface area contributed by atoms with Crippen LogP contribution in [0.2, 0.25) is 0 Å². The third-order valence-electron chi connectivity index (χ3n) is 5.98. The van der Waals surface area contributed by atoms with Gasteiger partial charge in [-0.15, -0.1) is 0 Å². The van der Waals surface area contributed by atoms with Gasteiger partial charge in [-0.2, -0.15) is 0 Å². The van der Waals surface area contributed by atoms with Gasteiger partial charge in [0.1, 0.15) is 12.2 Å². The van der Waals surface area contributed by atoms with Gasteiger partial charge >= 0.3 is 5.97 Å². The van der Waals surface area contributed by atoms with Gasteiger partial charge in [0.05, 0.1) is 18.9 Å². The number of carboxylic acid groups (broad SMARTS) is 1. The van der Waals surface area contributed by atoms with Crippen molar-refractivity contribution in [2.24, 2.45) is 5.92 Å². The molecule has 2 atom stereocenters. The highest BCUT2D eigenvalue weighted by molar-refractivity contribution is 5.87. The summed E-state index contributed by atoms with van der Waals surface area (Å²) < 4.78 is 19.2. The van der Waals surface area contributed by atoms with Gasteiger partial charge < -0.3 is 23.9 Å². The van der Waals surface area contributed by atoms with Crippen LogP contribution in [0.15, 0.2) is 29.2 Å². The lowest BCUT2D eigenvalue weighted by molar-refractivity contribution is 0.0669. The van der Waals surface area contributed by atoms with Gasteiger partial charge in [0.15, 0.2) is 16.9 Å². The third kappa shape index (κ3) is 3.69. The molecule has 7 nitrogen and oxygen atoms in total. The first-order chi connectivity index (χ1) is 14.4. The van der Waals surface area contributed by atoms with Gasteiger partial charge in [-0.3, -0.25) is 4.79 Å². The Hall–Kier alpha value is -2.80. The maximum atomic E-state index is 12.4. The number of pyridine rings is 1. The highest BCUT2D eigenvalue weighted by atomic mass is 16.5. The molecule has 1 N–H and O–H groups in total. The molecule has 160 valence electrons. The molecular formula is C23H27NO6. The molecule has 0 amide bonds. The van der Waals surface area contributed by atoms with E-state index in [1.165, 1.54) is 12.3 Å². The van der Waals surface area contributed by atoms with Crippen LogP contribution < -0.4 is 14.9 Å².